The van der Waals surface area contributed by atoms with Gasteiger partial charge in [-0.2, -0.15) is 26.3 Å². The van der Waals surface area contributed by atoms with E-state index >= 15 is 0 Å². The quantitative estimate of drug-likeness (QED) is 0.145. The average molecular weight is 1340 g/mol. The molecule has 8 heterocycles. The molecule has 0 spiro atoms. The van der Waals surface area contributed by atoms with E-state index in [0.717, 1.165) is 63.4 Å². The number of imidazole rings is 2. The first-order valence-corrected chi connectivity index (χ1v) is 21.5. The summed E-state index contributed by atoms with van der Waals surface area (Å²) in [6.07, 6.45) is 1.62. The summed E-state index contributed by atoms with van der Waals surface area (Å²) in [6.45, 7) is 20.2. The van der Waals surface area contributed by atoms with Crippen molar-refractivity contribution in [3.8, 4) is 51.5 Å². The fraction of sp³-hybridized carbons (Fsp3) is 0.306. The molecule has 1 aromatic carbocycles. The zero-order valence-corrected chi connectivity index (χ0v) is 44.8. The minimum absolute atomic E-state index is 0. The summed E-state index contributed by atoms with van der Waals surface area (Å²) in [4.78, 5) is 16.7. The van der Waals surface area contributed by atoms with Gasteiger partial charge in [-0.15, -0.1) is 0 Å². The van der Waals surface area contributed by atoms with Crippen molar-refractivity contribution in [1.82, 2.24) is 69.9 Å². The number of halogens is 6. The third-order valence-corrected chi connectivity index (χ3v) is 10.1. The van der Waals surface area contributed by atoms with Crippen LogP contribution in [0.15, 0.2) is 116 Å². The largest absolute Gasteiger partial charge is 2.00 e. The minimum Gasteiger partial charge on any atom is -0.573 e. The van der Waals surface area contributed by atoms with Crippen molar-refractivity contribution < 1.29 is 68.5 Å². The van der Waals surface area contributed by atoms with Crippen LogP contribution in [0.2, 0.25) is 0 Å². The zero-order valence-electron chi connectivity index (χ0n) is 40.2. The van der Waals surface area contributed by atoms with Gasteiger partial charge in [0.2, 0.25) is 0 Å². The molecule has 0 fully saturated rings. The van der Waals surface area contributed by atoms with Crippen LogP contribution in [-0.4, -0.2) is 49.5 Å². The number of alkyl halides is 6. The van der Waals surface area contributed by atoms with Crippen LogP contribution in [0.25, 0.3) is 51.5 Å². The van der Waals surface area contributed by atoms with E-state index < -0.39 is 23.7 Å². The first-order valence-electron chi connectivity index (χ1n) is 21.5. The maximum Gasteiger partial charge on any atom is 2.00 e. The molecular formula is C49H50F6N14Pt2. The molecule has 0 aliphatic rings. The van der Waals surface area contributed by atoms with Gasteiger partial charge in [0, 0.05) is 71.7 Å². The van der Waals surface area contributed by atoms with Gasteiger partial charge in [0.05, 0.1) is 0 Å². The molecule has 0 unspecified atom stereocenters. The summed E-state index contributed by atoms with van der Waals surface area (Å²) in [6, 6.07) is 23.3. The molecule has 22 heteroatoms. The van der Waals surface area contributed by atoms with E-state index in [9.17, 15) is 26.3 Å². The van der Waals surface area contributed by atoms with Gasteiger partial charge < -0.3 is 49.9 Å². The standard InChI is InChI=1S/2C13H13F3N3.C13H11N4.C10H13N4.2Pt/c2*1-12(2,3)8-4-5-17-9(6-8)10-7-11(19-18-10)13(14,15)16;1-10-9-12(16-15-10)13-14-7-8-17(13)11-5-3-2-4-6-11;1-7(2)14-5-4-11-10(14)9-6-8(3)12-13-9;;/h2*4-7H,1-3H3;2-9H,1H3;4-7H,1-3H3;;/q4*-1;2*+2. The molecule has 0 saturated heterocycles. The van der Waals surface area contributed by atoms with Crippen molar-refractivity contribution in [3.63, 3.8) is 0 Å². The number of benzene rings is 1. The van der Waals surface area contributed by atoms with Crippen LogP contribution in [-0.2, 0) is 65.3 Å². The third-order valence-electron chi connectivity index (χ3n) is 10.1. The molecule has 71 heavy (non-hydrogen) atoms. The monoisotopic (exact) mass is 1340 g/mol. The van der Waals surface area contributed by atoms with Gasteiger partial charge in [-0.25, -0.2) is 9.97 Å². The topological polar surface area (TPSA) is 169 Å². The predicted molar refractivity (Wildman–Crippen MR) is 248 cm³/mol. The normalized spacial score (nSPS) is 11.6. The molecule has 0 amide bonds. The van der Waals surface area contributed by atoms with Crippen molar-refractivity contribution >= 4 is 0 Å². The molecule has 378 valence electrons. The maximum atomic E-state index is 12.5. The summed E-state index contributed by atoms with van der Waals surface area (Å²) < 4.78 is 78.9. The Morgan fingerprint density at radius 2 is 0.901 bits per heavy atom. The van der Waals surface area contributed by atoms with Gasteiger partial charge >= 0.3 is 54.5 Å². The maximum absolute atomic E-state index is 12.5. The van der Waals surface area contributed by atoms with E-state index in [1.807, 2.05) is 127 Å². The van der Waals surface area contributed by atoms with Crippen LogP contribution < -0.4 is 20.4 Å². The zero-order chi connectivity index (χ0) is 50.3. The SMILES string of the molecule is CC(C)(C)c1ccnc(-c2cc(C(F)(F)F)n[n-]2)c1.CC(C)(C)c1ccnc(-c2cc(C(F)(F)F)n[n-]2)c1.Cc1cc(-c2nccn2-c2ccccc2)[n-]n1.Cc1cc(-c2nccn2C(C)C)[n-]n1.[Pt+2].[Pt+2]. The number of aryl methyl sites for hydroxylation is 2. The molecule has 0 atom stereocenters. The summed E-state index contributed by atoms with van der Waals surface area (Å²) in [5, 5.41) is 29.5. The number of rotatable bonds is 6. The molecule has 0 saturated carbocycles. The number of hydrogen-bond donors (Lipinski definition) is 0. The Morgan fingerprint density at radius 3 is 1.30 bits per heavy atom. The van der Waals surface area contributed by atoms with Crippen LogP contribution in [0.3, 0.4) is 0 Å². The van der Waals surface area contributed by atoms with Crippen LogP contribution in [0.4, 0.5) is 26.3 Å². The number of nitrogens with zero attached hydrogens (tertiary/aromatic N) is 14. The van der Waals surface area contributed by atoms with Crippen LogP contribution in [0.5, 0.6) is 0 Å². The van der Waals surface area contributed by atoms with E-state index in [2.05, 4.69) is 79.1 Å². The van der Waals surface area contributed by atoms with E-state index in [-0.39, 0.29) is 64.3 Å². The smallest absolute Gasteiger partial charge is 0.573 e. The fourth-order valence-electron chi connectivity index (χ4n) is 6.40. The van der Waals surface area contributed by atoms with Gasteiger partial charge in [-0.3, -0.25) is 9.97 Å². The van der Waals surface area contributed by atoms with Crippen molar-refractivity contribution in [1.29, 1.82) is 0 Å². The Hall–Kier alpha value is -6.26. The molecular weight excluding hydrogens is 1290 g/mol. The van der Waals surface area contributed by atoms with E-state index in [0.29, 0.717) is 17.4 Å². The Morgan fingerprint density at radius 1 is 0.479 bits per heavy atom. The minimum atomic E-state index is -4.48. The van der Waals surface area contributed by atoms with Gasteiger partial charge in [-0.1, -0.05) is 94.6 Å². The molecule has 0 aliphatic heterocycles. The Kier molecular flexibility index (Phi) is 19.2. The second-order valence-corrected chi connectivity index (χ2v) is 18.0. The van der Waals surface area contributed by atoms with Crippen LogP contribution in [0.1, 0.15) is 95.3 Å². The summed E-state index contributed by atoms with van der Waals surface area (Å²) in [5.74, 6) is 1.71. The van der Waals surface area contributed by atoms with E-state index in [1.54, 1.807) is 36.9 Å². The second kappa shape index (κ2) is 23.8. The average Bonchev–Trinajstić information content (AvgIpc) is 4.15. The van der Waals surface area contributed by atoms with Crippen LogP contribution >= 0.6 is 0 Å². The number of hydrogen-bond acceptors (Lipinski definition) is 8. The number of pyridine rings is 2. The Labute approximate surface area is 435 Å². The Bertz CT molecular complexity index is 2930. The second-order valence-electron chi connectivity index (χ2n) is 18.0. The molecule has 8 aromatic heterocycles. The van der Waals surface area contributed by atoms with Crippen molar-refractivity contribution in [2.75, 3.05) is 0 Å². The molecule has 0 radical (unpaired) electrons. The van der Waals surface area contributed by atoms with Gasteiger partial charge in [0.15, 0.2) is 0 Å². The molecule has 14 nitrogen and oxygen atoms in total. The van der Waals surface area contributed by atoms with E-state index in [4.69, 9.17) is 0 Å². The van der Waals surface area contributed by atoms with E-state index in [1.165, 1.54) is 0 Å². The van der Waals surface area contributed by atoms with Crippen molar-refractivity contribution in [3.05, 3.63) is 150 Å². The Balaban J connectivity index is 0.000000205. The molecule has 0 aliphatic carbocycles. The number of aromatic nitrogens is 14. The van der Waals surface area contributed by atoms with Crippen LogP contribution in [0, 0.1) is 13.8 Å². The van der Waals surface area contributed by atoms with Gasteiger partial charge in [0.1, 0.15) is 23.0 Å². The first kappa shape index (κ1) is 57.3. The van der Waals surface area contributed by atoms with Crippen molar-refractivity contribution in [2.24, 2.45) is 0 Å². The summed E-state index contributed by atoms with van der Waals surface area (Å²) in [7, 11) is 0. The first-order chi connectivity index (χ1) is 32.4. The molecule has 9 rings (SSSR count). The predicted octanol–water partition coefficient (Wildman–Crippen LogP) is 10.8. The summed E-state index contributed by atoms with van der Waals surface area (Å²) >= 11 is 0. The fourth-order valence-corrected chi connectivity index (χ4v) is 6.40. The van der Waals surface area contributed by atoms with Gasteiger partial charge in [0.25, 0.3) is 0 Å². The molecule has 9 aromatic rings. The van der Waals surface area contributed by atoms with Crippen molar-refractivity contribution in [2.45, 2.75) is 98.5 Å². The number of para-hydroxylation sites is 1. The summed E-state index contributed by atoms with van der Waals surface area (Å²) in [5.41, 5.74) is 5.38. The van der Waals surface area contributed by atoms with Gasteiger partial charge in [-0.05, 0) is 98.2 Å². The molecule has 0 N–H and O–H groups in total. The third kappa shape index (κ3) is 15.4. The molecule has 0 bridgehead atoms.